The van der Waals surface area contributed by atoms with Crippen molar-refractivity contribution in [2.45, 2.75) is 52.9 Å². The highest BCUT2D eigenvalue weighted by Gasteiger charge is 2.11. The number of hydrogen-bond acceptors (Lipinski definition) is 3. The number of benzene rings is 1. The molecule has 0 saturated carbocycles. The molecule has 2 rings (SSSR count). The second-order valence-corrected chi connectivity index (χ2v) is 7.06. The summed E-state index contributed by atoms with van der Waals surface area (Å²) in [4.78, 5) is 4.45. The maximum absolute atomic E-state index is 9.26. The molecular weight excluding hydrogens is 308 g/mol. The van der Waals surface area contributed by atoms with Crippen LogP contribution in [0.15, 0.2) is 42.6 Å². The van der Waals surface area contributed by atoms with E-state index in [2.05, 4.69) is 67.5 Å². The fourth-order valence-corrected chi connectivity index (χ4v) is 3.22. The number of aromatic nitrogens is 1. The van der Waals surface area contributed by atoms with E-state index in [1.165, 1.54) is 17.5 Å². The van der Waals surface area contributed by atoms with Gasteiger partial charge in [0.15, 0.2) is 0 Å². The van der Waals surface area contributed by atoms with Crippen LogP contribution in [0, 0.1) is 11.8 Å². The molecule has 3 nitrogen and oxygen atoms in total. The molecule has 0 radical (unpaired) electrons. The lowest BCUT2D eigenvalue weighted by molar-refractivity contribution is 0.207. The van der Waals surface area contributed by atoms with Crippen LogP contribution < -0.4 is 5.32 Å². The van der Waals surface area contributed by atoms with Crippen molar-refractivity contribution in [2.75, 3.05) is 11.9 Å². The van der Waals surface area contributed by atoms with Crippen molar-refractivity contribution in [3.05, 3.63) is 53.7 Å². The van der Waals surface area contributed by atoms with Crippen LogP contribution in [0.2, 0.25) is 0 Å². The number of nitrogens with one attached hydrogen (secondary N) is 1. The molecular formula is C22H32N2O. The van der Waals surface area contributed by atoms with Gasteiger partial charge in [-0.25, -0.2) is 4.98 Å². The van der Waals surface area contributed by atoms with Gasteiger partial charge in [-0.1, -0.05) is 39.3 Å². The van der Waals surface area contributed by atoms with E-state index in [0.29, 0.717) is 11.8 Å². The summed E-state index contributed by atoms with van der Waals surface area (Å²) >= 11 is 0. The number of anilines is 2. The van der Waals surface area contributed by atoms with Gasteiger partial charge in [0, 0.05) is 18.5 Å². The average molecular weight is 341 g/mol. The summed E-state index contributed by atoms with van der Waals surface area (Å²) in [7, 11) is 0. The van der Waals surface area contributed by atoms with E-state index in [9.17, 15) is 5.11 Å². The van der Waals surface area contributed by atoms with Gasteiger partial charge in [0.2, 0.25) is 0 Å². The second kappa shape index (κ2) is 10.2. The summed E-state index contributed by atoms with van der Waals surface area (Å²) in [6.45, 7) is 6.83. The Morgan fingerprint density at radius 1 is 1.12 bits per heavy atom. The van der Waals surface area contributed by atoms with Gasteiger partial charge >= 0.3 is 0 Å². The zero-order valence-electron chi connectivity index (χ0n) is 15.8. The Kier molecular flexibility index (Phi) is 7.93. The highest BCUT2D eigenvalue weighted by molar-refractivity contribution is 5.57. The number of rotatable bonds is 10. The van der Waals surface area contributed by atoms with Crippen molar-refractivity contribution in [1.82, 2.24) is 4.98 Å². The Labute approximate surface area is 152 Å². The van der Waals surface area contributed by atoms with Crippen molar-refractivity contribution >= 4 is 11.5 Å². The minimum absolute atomic E-state index is 0.288. The van der Waals surface area contributed by atoms with Crippen LogP contribution in [0.5, 0.6) is 0 Å². The first-order valence-electron chi connectivity index (χ1n) is 9.56. The highest BCUT2D eigenvalue weighted by atomic mass is 16.3. The number of aryl methyl sites for hydroxylation is 2. The Hall–Kier alpha value is -1.87. The summed E-state index contributed by atoms with van der Waals surface area (Å²) < 4.78 is 0. The Morgan fingerprint density at radius 2 is 1.96 bits per heavy atom. The van der Waals surface area contributed by atoms with Gasteiger partial charge in [-0.15, -0.1) is 0 Å². The van der Waals surface area contributed by atoms with Crippen LogP contribution in [-0.2, 0) is 12.8 Å². The van der Waals surface area contributed by atoms with Crippen molar-refractivity contribution in [2.24, 2.45) is 11.8 Å². The molecule has 2 aromatic rings. The number of nitrogens with zero attached hydrogens (tertiary/aromatic N) is 1. The smallest absolute Gasteiger partial charge is 0.130 e. The van der Waals surface area contributed by atoms with Crippen molar-refractivity contribution in [1.29, 1.82) is 0 Å². The molecule has 1 heterocycles. The molecule has 0 saturated heterocycles. The third-order valence-corrected chi connectivity index (χ3v) is 4.90. The fraction of sp³-hybridized carbons (Fsp3) is 0.500. The van der Waals surface area contributed by atoms with E-state index < -0.39 is 0 Å². The number of aliphatic hydroxyl groups is 1. The first-order chi connectivity index (χ1) is 12.1. The molecule has 0 aliphatic carbocycles. The van der Waals surface area contributed by atoms with Gasteiger partial charge in [0.1, 0.15) is 5.82 Å². The van der Waals surface area contributed by atoms with Gasteiger partial charge in [-0.05, 0) is 72.9 Å². The summed E-state index contributed by atoms with van der Waals surface area (Å²) in [6, 6.07) is 12.7. The van der Waals surface area contributed by atoms with Crippen LogP contribution in [-0.4, -0.2) is 16.7 Å². The normalized spacial score (nSPS) is 13.4. The SMILES string of the molecule is CCc1cccc(Nc2cc(CCC(CC)CC(C)CO)ccn2)c1. The Bertz CT molecular complexity index is 641. The van der Waals surface area contributed by atoms with Crippen LogP contribution in [0.4, 0.5) is 11.5 Å². The van der Waals surface area contributed by atoms with E-state index in [1.54, 1.807) is 0 Å². The van der Waals surface area contributed by atoms with Crippen molar-refractivity contribution < 1.29 is 5.11 Å². The molecule has 0 bridgehead atoms. The molecule has 136 valence electrons. The second-order valence-electron chi connectivity index (χ2n) is 7.06. The molecule has 0 fully saturated rings. The molecule has 1 aromatic carbocycles. The molecule has 0 aliphatic heterocycles. The Morgan fingerprint density at radius 3 is 2.68 bits per heavy atom. The standard InChI is InChI=1S/C22H32N2O/c1-4-18-7-6-8-21(14-18)24-22-15-20(11-12-23-22)10-9-19(5-2)13-17(3)16-25/h6-8,11-12,14-15,17,19,25H,4-5,9-10,13,16H2,1-3H3,(H,23,24). The fourth-order valence-electron chi connectivity index (χ4n) is 3.22. The van der Waals surface area contributed by atoms with Gasteiger partial charge in [0.05, 0.1) is 0 Å². The largest absolute Gasteiger partial charge is 0.396 e. The number of pyridine rings is 1. The summed E-state index contributed by atoms with van der Waals surface area (Å²) in [6.07, 6.45) is 7.42. The molecule has 0 amide bonds. The lowest BCUT2D eigenvalue weighted by Gasteiger charge is -2.18. The zero-order valence-corrected chi connectivity index (χ0v) is 15.8. The highest BCUT2D eigenvalue weighted by Crippen LogP contribution is 2.22. The van der Waals surface area contributed by atoms with Crippen LogP contribution >= 0.6 is 0 Å². The minimum atomic E-state index is 0.288. The van der Waals surface area contributed by atoms with E-state index in [0.717, 1.165) is 37.2 Å². The van der Waals surface area contributed by atoms with Gasteiger partial charge in [-0.2, -0.15) is 0 Å². The van der Waals surface area contributed by atoms with E-state index in [-0.39, 0.29) is 6.61 Å². The topological polar surface area (TPSA) is 45.1 Å². The van der Waals surface area contributed by atoms with Gasteiger partial charge in [0.25, 0.3) is 0 Å². The lowest BCUT2D eigenvalue weighted by Crippen LogP contribution is -2.10. The van der Waals surface area contributed by atoms with Crippen molar-refractivity contribution in [3.63, 3.8) is 0 Å². The minimum Gasteiger partial charge on any atom is -0.396 e. The van der Waals surface area contributed by atoms with Gasteiger partial charge < -0.3 is 10.4 Å². The molecule has 0 aliphatic rings. The van der Waals surface area contributed by atoms with Crippen LogP contribution in [0.3, 0.4) is 0 Å². The third kappa shape index (κ3) is 6.50. The summed E-state index contributed by atoms with van der Waals surface area (Å²) in [5.74, 6) is 1.97. The maximum Gasteiger partial charge on any atom is 0.130 e. The van der Waals surface area contributed by atoms with E-state index in [4.69, 9.17) is 0 Å². The van der Waals surface area contributed by atoms with Gasteiger partial charge in [-0.3, -0.25) is 0 Å². The predicted molar refractivity (Wildman–Crippen MR) is 106 cm³/mol. The number of hydrogen-bond donors (Lipinski definition) is 2. The quantitative estimate of drug-likeness (QED) is 0.611. The predicted octanol–water partition coefficient (Wildman–Crippen LogP) is 5.36. The molecule has 2 unspecified atom stereocenters. The first-order valence-corrected chi connectivity index (χ1v) is 9.56. The number of aliphatic hydroxyl groups excluding tert-OH is 1. The molecule has 1 aromatic heterocycles. The Balaban J connectivity index is 1.96. The summed E-state index contributed by atoms with van der Waals surface area (Å²) in [5.41, 5.74) is 3.73. The maximum atomic E-state index is 9.26. The molecule has 0 spiro atoms. The average Bonchev–Trinajstić information content (AvgIpc) is 2.65. The van der Waals surface area contributed by atoms with Crippen LogP contribution in [0.25, 0.3) is 0 Å². The molecule has 3 heteroatoms. The zero-order chi connectivity index (χ0) is 18.1. The molecule has 2 N–H and O–H groups in total. The monoisotopic (exact) mass is 340 g/mol. The molecule has 2 atom stereocenters. The third-order valence-electron chi connectivity index (χ3n) is 4.90. The molecule has 25 heavy (non-hydrogen) atoms. The van der Waals surface area contributed by atoms with E-state index >= 15 is 0 Å². The van der Waals surface area contributed by atoms with E-state index in [1.807, 2.05) is 6.20 Å². The first kappa shape index (κ1) is 19.5. The lowest BCUT2D eigenvalue weighted by atomic mass is 9.89. The van der Waals surface area contributed by atoms with Crippen molar-refractivity contribution in [3.8, 4) is 0 Å². The van der Waals surface area contributed by atoms with Crippen LogP contribution in [0.1, 0.15) is 51.2 Å². The summed E-state index contributed by atoms with van der Waals surface area (Å²) in [5, 5.41) is 12.7.